The first-order chi connectivity index (χ1) is 14.5. The van der Waals surface area contributed by atoms with Gasteiger partial charge in [0.2, 0.25) is 11.8 Å². The minimum Gasteiger partial charge on any atom is -0.486 e. The van der Waals surface area contributed by atoms with Crippen molar-refractivity contribution < 1.29 is 18.7 Å². The Morgan fingerprint density at radius 2 is 1.57 bits per heavy atom. The average Bonchev–Trinajstić information content (AvgIpc) is 3.14. The van der Waals surface area contributed by atoms with Gasteiger partial charge in [0.15, 0.2) is 0 Å². The highest BCUT2D eigenvalue weighted by molar-refractivity contribution is 8.00. The maximum Gasteiger partial charge on any atom is 0.234 e. The number of hydrogen-bond donors (Lipinski definition) is 2. The molecule has 0 atom stereocenters. The summed E-state index contributed by atoms with van der Waals surface area (Å²) in [7, 11) is 1.90. The molecule has 0 fully saturated rings. The number of carbonyl (C=O) groups is 2. The first-order valence-corrected chi connectivity index (χ1v) is 10.3. The lowest BCUT2D eigenvalue weighted by Crippen LogP contribution is -2.18. The summed E-state index contributed by atoms with van der Waals surface area (Å²) >= 11 is 1.19. The van der Waals surface area contributed by atoms with E-state index in [9.17, 15) is 14.0 Å². The van der Waals surface area contributed by atoms with Gasteiger partial charge >= 0.3 is 0 Å². The van der Waals surface area contributed by atoms with Crippen LogP contribution in [0.5, 0.6) is 5.75 Å². The highest BCUT2D eigenvalue weighted by atomic mass is 32.2. The van der Waals surface area contributed by atoms with Crippen LogP contribution in [0.2, 0.25) is 0 Å². The number of ether oxygens (including phenoxy) is 1. The van der Waals surface area contributed by atoms with Gasteiger partial charge in [-0.15, -0.1) is 11.8 Å². The molecule has 2 N–H and O–H groups in total. The molecule has 1 aromatic heterocycles. The number of amides is 2. The van der Waals surface area contributed by atoms with Crippen molar-refractivity contribution in [3.63, 3.8) is 0 Å². The molecule has 0 aliphatic carbocycles. The second-order valence-corrected chi connectivity index (χ2v) is 7.35. The number of imidazole rings is 1. The molecule has 0 unspecified atom stereocenters. The number of carbonyl (C=O) groups excluding carboxylic acids is 2. The maximum atomic E-state index is 12.9. The Balaban J connectivity index is 1.36. The SMILES string of the molecule is Cn1ccnc1COc1ccc(NC(=O)CSCC(=O)Nc2ccc(F)cc2)cc1. The van der Waals surface area contributed by atoms with Gasteiger partial charge in [-0.2, -0.15) is 0 Å². The number of benzene rings is 2. The lowest BCUT2D eigenvalue weighted by Gasteiger charge is -2.09. The zero-order valence-corrected chi connectivity index (χ0v) is 17.1. The quantitative estimate of drug-likeness (QED) is 0.545. The predicted octanol–water partition coefficient (Wildman–Crippen LogP) is 3.45. The minimum atomic E-state index is -0.369. The van der Waals surface area contributed by atoms with Crippen LogP contribution in [0.3, 0.4) is 0 Å². The molecule has 0 radical (unpaired) electrons. The Hall–Kier alpha value is -3.33. The Morgan fingerprint density at radius 3 is 2.10 bits per heavy atom. The topological polar surface area (TPSA) is 85.2 Å². The highest BCUT2D eigenvalue weighted by Gasteiger charge is 2.07. The lowest BCUT2D eigenvalue weighted by molar-refractivity contribution is -0.114. The number of thioether (sulfide) groups is 1. The molecule has 7 nitrogen and oxygen atoms in total. The van der Waals surface area contributed by atoms with Gasteiger partial charge in [0.1, 0.15) is 24.0 Å². The van der Waals surface area contributed by atoms with Crippen molar-refractivity contribution in [1.29, 1.82) is 0 Å². The molecule has 3 aromatic rings. The van der Waals surface area contributed by atoms with E-state index in [-0.39, 0.29) is 29.1 Å². The Kier molecular flexibility index (Phi) is 7.45. The first kappa shape index (κ1) is 21.4. The molecule has 0 bridgehead atoms. The number of halogens is 1. The van der Waals surface area contributed by atoms with E-state index < -0.39 is 0 Å². The van der Waals surface area contributed by atoms with E-state index in [2.05, 4.69) is 15.6 Å². The normalized spacial score (nSPS) is 10.5. The zero-order valence-electron chi connectivity index (χ0n) is 16.3. The lowest BCUT2D eigenvalue weighted by atomic mass is 10.3. The van der Waals surface area contributed by atoms with E-state index in [0.717, 1.165) is 5.82 Å². The fourth-order valence-corrected chi connectivity index (χ4v) is 3.10. The maximum absolute atomic E-state index is 12.9. The van der Waals surface area contributed by atoms with Crippen molar-refractivity contribution in [3.05, 3.63) is 72.6 Å². The zero-order chi connectivity index (χ0) is 21.3. The van der Waals surface area contributed by atoms with Gasteiger partial charge in [-0.1, -0.05) is 0 Å². The van der Waals surface area contributed by atoms with Gasteiger partial charge in [0, 0.05) is 30.8 Å². The molecular weight excluding hydrogens is 407 g/mol. The van der Waals surface area contributed by atoms with Crippen LogP contribution in [0.15, 0.2) is 60.9 Å². The number of aromatic nitrogens is 2. The van der Waals surface area contributed by atoms with Gasteiger partial charge < -0.3 is 19.9 Å². The number of nitrogens with zero attached hydrogens (tertiary/aromatic N) is 2. The Bertz CT molecular complexity index is 990. The molecule has 2 amide bonds. The largest absolute Gasteiger partial charge is 0.486 e. The summed E-state index contributed by atoms with van der Waals surface area (Å²) in [4.78, 5) is 28.1. The van der Waals surface area contributed by atoms with E-state index in [1.807, 2.05) is 17.8 Å². The fourth-order valence-electron chi connectivity index (χ4n) is 2.48. The van der Waals surface area contributed by atoms with Crippen molar-refractivity contribution >= 4 is 35.0 Å². The summed E-state index contributed by atoms with van der Waals surface area (Å²) in [5.41, 5.74) is 1.15. The predicted molar refractivity (Wildman–Crippen MR) is 115 cm³/mol. The second-order valence-electron chi connectivity index (χ2n) is 6.36. The van der Waals surface area contributed by atoms with Crippen molar-refractivity contribution in [2.45, 2.75) is 6.61 Å². The van der Waals surface area contributed by atoms with Crippen molar-refractivity contribution in [2.24, 2.45) is 7.05 Å². The van der Waals surface area contributed by atoms with E-state index in [4.69, 9.17) is 4.74 Å². The average molecular weight is 428 g/mol. The van der Waals surface area contributed by atoms with Gasteiger partial charge in [-0.05, 0) is 48.5 Å². The molecule has 0 aliphatic heterocycles. The van der Waals surface area contributed by atoms with Crippen molar-refractivity contribution in [1.82, 2.24) is 9.55 Å². The number of hydrogen-bond acceptors (Lipinski definition) is 5. The van der Waals surface area contributed by atoms with Crippen molar-refractivity contribution in [2.75, 3.05) is 22.1 Å². The molecule has 2 aromatic carbocycles. The van der Waals surface area contributed by atoms with Crippen LogP contribution in [-0.4, -0.2) is 32.9 Å². The standard InChI is InChI=1S/C21H21FN4O3S/c1-26-11-10-23-19(26)12-29-18-8-6-17(7-9-18)25-21(28)14-30-13-20(27)24-16-4-2-15(22)3-5-16/h2-11H,12-14H2,1H3,(H,24,27)(H,25,28). The van der Waals surface area contributed by atoms with E-state index in [1.54, 1.807) is 30.5 Å². The minimum absolute atomic E-state index is 0.116. The monoisotopic (exact) mass is 428 g/mol. The molecule has 0 spiro atoms. The molecule has 0 saturated carbocycles. The number of rotatable bonds is 9. The van der Waals surface area contributed by atoms with E-state index >= 15 is 0 Å². The Labute approximate surface area is 177 Å². The van der Waals surface area contributed by atoms with Gasteiger partial charge in [0.05, 0.1) is 11.5 Å². The summed E-state index contributed by atoms with van der Waals surface area (Å²) in [5.74, 6) is 0.895. The highest BCUT2D eigenvalue weighted by Crippen LogP contribution is 2.17. The molecule has 30 heavy (non-hydrogen) atoms. The van der Waals surface area contributed by atoms with Crippen LogP contribution in [0.25, 0.3) is 0 Å². The van der Waals surface area contributed by atoms with Crippen LogP contribution in [-0.2, 0) is 23.2 Å². The van der Waals surface area contributed by atoms with Crippen LogP contribution in [0.4, 0.5) is 15.8 Å². The van der Waals surface area contributed by atoms with Crippen molar-refractivity contribution in [3.8, 4) is 5.75 Å². The Morgan fingerprint density at radius 1 is 1.00 bits per heavy atom. The molecule has 1 heterocycles. The van der Waals surface area contributed by atoms with Crippen LogP contribution in [0.1, 0.15) is 5.82 Å². The summed E-state index contributed by atoms with van der Waals surface area (Å²) < 4.78 is 20.4. The molecule has 0 aliphatic rings. The third-order valence-corrected chi connectivity index (χ3v) is 4.95. The van der Waals surface area contributed by atoms with Crippen LogP contribution in [0, 0.1) is 5.82 Å². The smallest absolute Gasteiger partial charge is 0.234 e. The number of anilines is 2. The third-order valence-electron chi connectivity index (χ3n) is 4.02. The summed E-state index contributed by atoms with van der Waals surface area (Å²) in [6.07, 6.45) is 3.56. The summed E-state index contributed by atoms with van der Waals surface area (Å²) in [6, 6.07) is 12.5. The second kappa shape index (κ2) is 10.4. The van der Waals surface area contributed by atoms with E-state index in [1.165, 1.54) is 36.0 Å². The number of aryl methyl sites for hydroxylation is 1. The molecular formula is C21H21FN4O3S. The molecule has 156 valence electrons. The van der Waals surface area contributed by atoms with Gasteiger partial charge in [-0.3, -0.25) is 9.59 Å². The first-order valence-electron chi connectivity index (χ1n) is 9.11. The van der Waals surface area contributed by atoms with E-state index in [0.29, 0.717) is 23.7 Å². The third kappa shape index (κ3) is 6.63. The van der Waals surface area contributed by atoms with Crippen LogP contribution >= 0.6 is 11.8 Å². The number of nitrogens with one attached hydrogen (secondary N) is 2. The molecule has 9 heteroatoms. The molecule has 0 saturated heterocycles. The fraction of sp³-hybridized carbons (Fsp3) is 0.190. The van der Waals surface area contributed by atoms with Crippen LogP contribution < -0.4 is 15.4 Å². The summed E-state index contributed by atoms with van der Waals surface area (Å²) in [6.45, 7) is 0.353. The van der Waals surface area contributed by atoms with Gasteiger partial charge in [-0.25, -0.2) is 9.37 Å². The van der Waals surface area contributed by atoms with Gasteiger partial charge in [0.25, 0.3) is 0 Å². The summed E-state index contributed by atoms with van der Waals surface area (Å²) in [5, 5.41) is 5.42. The molecule has 3 rings (SSSR count).